The second-order valence-corrected chi connectivity index (χ2v) is 4.74. The Hall–Kier alpha value is -2.04. The summed E-state index contributed by atoms with van der Waals surface area (Å²) in [6, 6.07) is 7.31. The molecular formula is C15H19NO4. The van der Waals surface area contributed by atoms with Crippen LogP contribution in [0.5, 0.6) is 0 Å². The Morgan fingerprint density at radius 2 is 2.00 bits per heavy atom. The van der Waals surface area contributed by atoms with Crippen molar-refractivity contribution in [3.63, 3.8) is 0 Å². The van der Waals surface area contributed by atoms with Gasteiger partial charge in [0.1, 0.15) is 6.04 Å². The summed E-state index contributed by atoms with van der Waals surface area (Å²) in [6.07, 6.45) is 1.93. The number of hydrogen-bond acceptors (Lipinski definition) is 5. The zero-order valence-corrected chi connectivity index (χ0v) is 11.8. The monoisotopic (exact) mass is 277 g/mol. The second-order valence-electron chi connectivity index (χ2n) is 4.74. The lowest BCUT2D eigenvalue weighted by Gasteiger charge is -2.36. The largest absolute Gasteiger partial charge is 0.469 e. The van der Waals surface area contributed by atoms with E-state index in [9.17, 15) is 9.59 Å². The SMILES string of the molecule is COC(=O)C[C@@H](C(=O)OC)N1CCCc2ccccc21. The summed E-state index contributed by atoms with van der Waals surface area (Å²) in [5.41, 5.74) is 2.19. The van der Waals surface area contributed by atoms with Crippen LogP contribution in [0, 0.1) is 0 Å². The number of para-hydroxylation sites is 1. The van der Waals surface area contributed by atoms with Crippen LogP contribution in [0.4, 0.5) is 5.69 Å². The van der Waals surface area contributed by atoms with Crippen molar-refractivity contribution in [3.8, 4) is 0 Å². The van der Waals surface area contributed by atoms with Gasteiger partial charge in [0.05, 0.1) is 20.6 Å². The summed E-state index contributed by atoms with van der Waals surface area (Å²) in [4.78, 5) is 25.5. The van der Waals surface area contributed by atoms with Crippen molar-refractivity contribution in [3.05, 3.63) is 29.8 Å². The van der Waals surface area contributed by atoms with Crippen LogP contribution >= 0.6 is 0 Å². The Kier molecular flexibility index (Phi) is 4.61. The van der Waals surface area contributed by atoms with E-state index >= 15 is 0 Å². The van der Waals surface area contributed by atoms with Gasteiger partial charge in [0, 0.05) is 12.2 Å². The molecule has 0 fully saturated rings. The van der Waals surface area contributed by atoms with E-state index < -0.39 is 18.0 Å². The number of fused-ring (bicyclic) bond motifs is 1. The molecule has 0 radical (unpaired) electrons. The Morgan fingerprint density at radius 3 is 2.70 bits per heavy atom. The summed E-state index contributed by atoms with van der Waals surface area (Å²) in [6.45, 7) is 0.730. The first-order valence-electron chi connectivity index (χ1n) is 6.66. The van der Waals surface area contributed by atoms with Gasteiger partial charge in [-0.1, -0.05) is 18.2 Å². The minimum absolute atomic E-state index is 0.00247. The molecule has 108 valence electrons. The number of rotatable bonds is 4. The first-order valence-corrected chi connectivity index (χ1v) is 6.66. The molecule has 0 amide bonds. The van der Waals surface area contributed by atoms with Crippen molar-refractivity contribution in [2.45, 2.75) is 25.3 Å². The molecule has 0 N–H and O–H groups in total. The molecule has 0 spiro atoms. The number of aryl methyl sites for hydroxylation is 1. The fraction of sp³-hybridized carbons (Fsp3) is 0.467. The summed E-state index contributed by atoms with van der Waals surface area (Å²) >= 11 is 0. The predicted octanol–water partition coefficient (Wildman–Crippen LogP) is 1.54. The maximum atomic E-state index is 12.0. The number of carbonyl (C=O) groups is 2. The van der Waals surface area contributed by atoms with E-state index in [1.807, 2.05) is 29.2 Å². The van der Waals surface area contributed by atoms with Crippen LogP contribution in [-0.2, 0) is 25.5 Å². The van der Waals surface area contributed by atoms with Crippen LogP contribution < -0.4 is 4.90 Å². The number of anilines is 1. The highest BCUT2D eigenvalue weighted by Gasteiger charge is 2.32. The van der Waals surface area contributed by atoms with Crippen molar-refractivity contribution in [2.75, 3.05) is 25.7 Å². The molecule has 20 heavy (non-hydrogen) atoms. The molecule has 1 aliphatic heterocycles. The topological polar surface area (TPSA) is 55.8 Å². The lowest BCUT2D eigenvalue weighted by Crippen LogP contribution is -2.46. The molecule has 0 aliphatic carbocycles. The summed E-state index contributed by atoms with van der Waals surface area (Å²) in [7, 11) is 2.66. The van der Waals surface area contributed by atoms with Crippen molar-refractivity contribution >= 4 is 17.6 Å². The van der Waals surface area contributed by atoms with Gasteiger partial charge in [-0.3, -0.25) is 4.79 Å². The van der Waals surface area contributed by atoms with Crippen molar-refractivity contribution in [1.29, 1.82) is 0 Å². The van der Waals surface area contributed by atoms with E-state index in [0.717, 1.165) is 25.1 Å². The van der Waals surface area contributed by atoms with Gasteiger partial charge in [-0.2, -0.15) is 0 Å². The molecular weight excluding hydrogens is 258 g/mol. The van der Waals surface area contributed by atoms with E-state index in [-0.39, 0.29) is 6.42 Å². The molecule has 0 unspecified atom stereocenters. The van der Waals surface area contributed by atoms with Crippen LogP contribution in [0.3, 0.4) is 0 Å². The fourth-order valence-corrected chi connectivity index (χ4v) is 2.58. The minimum atomic E-state index is -0.631. The van der Waals surface area contributed by atoms with E-state index in [4.69, 9.17) is 4.74 Å². The smallest absolute Gasteiger partial charge is 0.329 e. The summed E-state index contributed by atoms with van der Waals surface area (Å²) in [5, 5.41) is 0. The van der Waals surface area contributed by atoms with Crippen LogP contribution in [0.25, 0.3) is 0 Å². The third-order valence-corrected chi connectivity index (χ3v) is 3.58. The standard InChI is InChI=1S/C15H19NO4/c1-19-14(17)10-13(15(18)20-2)16-9-5-7-11-6-3-4-8-12(11)16/h3-4,6,8,13H,5,7,9-10H2,1-2H3/t13-/m0/s1. The number of esters is 2. The average Bonchev–Trinajstić information content (AvgIpc) is 2.51. The molecule has 0 saturated carbocycles. The molecule has 5 heteroatoms. The molecule has 2 rings (SSSR count). The highest BCUT2D eigenvalue weighted by atomic mass is 16.5. The van der Waals surface area contributed by atoms with Gasteiger partial charge >= 0.3 is 11.9 Å². The molecule has 5 nitrogen and oxygen atoms in total. The van der Waals surface area contributed by atoms with Gasteiger partial charge in [-0.15, -0.1) is 0 Å². The molecule has 1 aromatic carbocycles. The van der Waals surface area contributed by atoms with Gasteiger partial charge < -0.3 is 14.4 Å². The third-order valence-electron chi connectivity index (χ3n) is 3.58. The van der Waals surface area contributed by atoms with Crippen LogP contribution in [0.15, 0.2) is 24.3 Å². The van der Waals surface area contributed by atoms with Gasteiger partial charge in [0.2, 0.25) is 0 Å². The fourth-order valence-electron chi connectivity index (χ4n) is 2.58. The van der Waals surface area contributed by atoms with E-state index in [1.54, 1.807) is 0 Å². The lowest BCUT2D eigenvalue weighted by atomic mass is 9.99. The zero-order valence-electron chi connectivity index (χ0n) is 11.8. The Balaban J connectivity index is 2.30. The van der Waals surface area contributed by atoms with E-state index in [1.165, 1.54) is 19.8 Å². The van der Waals surface area contributed by atoms with E-state index in [0.29, 0.717) is 0 Å². The molecule has 0 saturated heterocycles. The van der Waals surface area contributed by atoms with Gasteiger partial charge in [-0.05, 0) is 24.5 Å². The lowest BCUT2D eigenvalue weighted by molar-refractivity contribution is -0.148. The first kappa shape index (κ1) is 14.4. The predicted molar refractivity (Wildman–Crippen MR) is 74.5 cm³/mol. The average molecular weight is 277 g/mol. The summed E-state index contributed by atoms with van der Waals surface area (Å²) in [5.74, 6) is -0.824. The Labute approximate surface area is 118 Å². The van der Waals surface area contributed by atoms with Crippen molar-refractivity contribution < 1.29 is 19.1 Å². The minimum Gasteiger partial charge on any atom is -0.469 e. The van der Waals surface area contributed by atoms with Gasteiger partial charge in [-0.25, -0.2) is 4.79 Å². The molecule has 1 heterocycles. The second kappa shape index (κ2) is 6.41. The normalized spacial score (nSPS) is 15.2. The molecule has 1 aliphatic rings. The molecule has 0 aromatic heterocycles. The zero-order chi connectivity index (χ0) is 14.5. The highest BCUT2D eigenvalue weighted by Crippen LogP contribution is 2.29. The third kappa shape index (κ3) is 2.92. The number of nitrogens with zero attached hydrogens (tertiary/aromatic N) is 1. The highest BCUT2D eigenvalue weighted by molar-refractivity contribution is 5.86. The van der Waals surface area contributed by atoms with Crippen LogP contribution in [-0.4, -0.2) is 38.7 Å². The van der Waals surface area contributed by atoms with Crippen LogP contribution in [0.2, 0.25) is 0 Å². The molecule has 1 atom stereocenters. The number of carbonyl (C=O) groups excluding carboxylic acids is 2. The van der Waals surface area contributed by atoms with Gasteiger partial charge in [0.15, 0.2) is 0 Å². The number of benzene rings is 1. The van der Waals surface area contributed by atoms with Crippen molar-refractivity contribution in [1.82, 2.24) is 0 Å². The first-order chi connectivity index (χ1) is 9.67. The number of ether oxygens (including phenoxy) is 2. The number of methoxy groups -OCH3 is 2. The molecule has 1 aromatic rings. The van der Waals surface area contributed by atoms with E-state index in [2.05, 4.69) is 4.74 Å². The Bertz CT molecular complexity index is 500. The summed E-state index contributed by atoms with van der Waals surface area (Å²) < 4.78 is 9.52. The maximum Gasteiger partial charge on any atom is 0.329 e. The van der Waals surface area contributed by atoms with Gasteiger partial charge in [0.25, 0.3) is 0 Å². The number of hydrogen-bond donors (Lipinski definition) is 0. The quantitative estimate of drug-likeness (QED) is 0.781. The molecule has 0 bridgehead atoms. The Morgan fingerprint density at radius 1 is 1.25 bits per heavy atom. The van der Waals surface area contributed by atoms with Crippen molar-refractivity contribution in [2.24, 2.45) is 0 Å². The maximum absolute atomic E-state index is 12.0. The van der Waals surface area contributed by atoms with Crippen LogP contribution in [0.1, 0.15) is 18.4 Å².